The van der Waals surface area contributed by atoms with Crippen molar-refractivity contribution in [3.8, 4) is 23.2 Å². The van der Waals surface area contributed by atoms with Gasteiger partial charge >= 0.3 is 0 Å². The van der Waals surface area contributed by atoms with Crippen molar-refractivity contribution in [3.05, 3.63) is 48.2 Å². The molecule has 13 heteroatoms. The van der Waals surface area contributed by atoms with Crippen LogP contribution in [0, 0.1) is 11.3 Å². The molecule has 1 aromatic carbocycles. The number of nitrogens with one attached hydrogen (secondary N) is 3. The first kappa shape index (κ1) is 23.5. The number of aromatic nitrogens is 3. The van der Waals surface area contributed by atoms with E-state index in [-0.39, 0.29) is 17.1 Å². The van der Waals surface area contributed by atoms with Crippen LogP contribution in [0.4, 0.5) is 17.2 Å². The molecular weight excluding hydrogens is 450 g/mol. The number of hydrogen-bond donors (Lipinski definition) is 4. The molecule has 0 saturated heterocycles. The lowest BCUT2D eigenvalue weighted by atomic mass is 10.1. The molecule has 0 unspecified atom stereocenters. The molecule has 3 aromatic rings. The maximum atomic E-state index is 12.2. The molecule has 12 nitrogen and oxygen atoms in total. The van der Waals surface area contributed by atoms with Crippen LogP contribution in [0.2, 0.25) is 0 Å². The molecule has 1 amide bonds. The molecule has 5 N–H and O–H groups in total. The summed E-state index contributed by atoms with van der Waals surface area (Å²) in [7, 11) is -2.20. The number of H-pyrrole nitrogens is 1. The van der Waals surface area contributed by atoms with Gasteiger partial charge in [0, 0.05) is 36.3 Å². The number of ether oxygens (including phenoxy) is 2. The average Bonchev–Trinajstić information content (AvgIpc) is 3.18. The van der Waals surface area contributed by atoms with Gasteiger partial charge in [-0.15, -0.1) is 0 Å². The lowest BCUT2D eigenvalue weighted by Gasteiger charge is -2.09. The third-order valence-corrected chi connectivity index (χ3v) is 5.31. The number of methoxy groups -OCH3 is 1. The molecule has 2 aromatic heterocycles. The topological polar surface area (TPSA) is 185 Å². The monoisotopic (exact) mass is 471 g/mol. The Morgan fingerprint density at radius 3 is 2.64 bits per heavy atom. The van der Waals surface area contributed by atoms with Gasteiger partial charge in [-0.05, 0) is 18.2 Å². The molecule has 0 atom stereocenters. The smallest absolute Gasteiger partial charge is 0.254 e. The van der Waals surface area contributed by atoms with Crippen LogP contribution in [0.5, 0.6) is 5.88 Å². The Bertz CT molecular complexity index is 1270. The van der Waals surface area contributed by atoms with Gasteiger partial charge in [-0.1, -0.05) is 12.1 Å². The third kappa shape index (κ3) is 6.19. The molecule has 0 radical (unpaired) electrons. The van der Waals surface area contributed by atoms with Crippen LogP contribution in [0.3, 0.4) is 0 Å². The predicted molar refractivity (Wildman–Crippen MR) is 120 cm³/mol. The summed E-state index contributed by atoms with van der Waals surface area (Å²) in [6, 6.07) is 11.1. The highest BCUT2D eigenvalue weighted by Crippen LogP contribution is 2.30. The third-order valence-electron chi connectivity index (χ3n) is 4.25. The lowest BCUT2D eigenvalue weighted by Crippen LogP contribution is -2.15. The zero-order valence-electron chi connectivity index (χ0n) is 17.5. The summed E-state index contributed by atoms with van der Waals surface area (Å²) in [4.78, 5) is 16.3. The van der Waals surface area contributed by atoms with E-state index in [1.54, 1.807) is 37.4 Å². The van der Waals surface area contributed by atoms with Crippen LogP contribution in [-0.4, -0.2) is 55.6 Å². The van der Waals surface area contributed by atoms with E-state index in [1.807, 2.05) is 0 Å². The number of anilines is 3. The van der Waals surface area contributed by atoms with Crippen molar-refractivity contribution < 1.29 is 22.7 Å². The first-order chi connectivity index (χ1) is 15.8. The van der Waals surface area contributed by atoms with Crippen LogP contribution in [0.1, 0.15) is 10.4 Å². The van der Waals surface area contributed by atoms with Gasteiger partial charge in [0.2, 0.25) is 15.9 Å². The summed E-state index contributed by atoms with van der Waals surface area (Å²) < 4.78 is 36.2. The summed E-state index contributed by atoms with van der Waals surface area (Å²) in [5.41, 5.74) is 7.45. The number of primary amides is 1. The molecule has 3 rings (SSSR count). The molecule has 0 bridgehead atoms. The van der Waals surface area contributed by atoms with Gasteiger partial charge in [0.1, 0.15) is 12.2 Å². The molecule has 2 heterocycles. The largest absolute Gasteiger partial charge is 0.475 e. The molecule has 0 saturated carbocycles. The molecule has 0 aliphatic carbocycles. The fraction of sp³-hybridized carbons (Fsp3) is 0.200. The van der Waals surface area contributed by atoms with Crippen molar-refractivity contribution in [2.75, 3.05) is 36.1 Å². The number of nitrogens with two attached hydrogens (primary N) is 1. The fourth-order valence-electron chi connectivity index (χ4n) is 2.82. The van der Waals surface area contributed by atoms with Gasteiger partial charge in [0.15, 0.2) is 11.6 Å². The Morgan fingerprint density at radius 2 is 1.97 bits per heavy atom. The Hall–Kier alpha value is -4.15. The minimum atomic E-state index is -3.76. The highest BCUT2D eigenvalue weighted by Gasteiger charge is 2.20. The first-order valence-electron chi connectivity index (χ1n) is 9.54. The van der Waals surface area contributed by atoms with Gasteiger partial charge in [-0.3, -0.25) is 14.6 Å². The van der Waals surface area contributed by atoms with Gasteiger partial charge in [0.05, 0.1) is 18.4 Å². The van der Waals surface area contributed by atoms with E-state index < -0.39 is 21.7 Å². The van der Waals surface area contributed by atoms with Crippen molar-refractivity contribution in [1.29, 1.82) is 5.26 Å². The maximum Gasteiger partial charge on any atom is 0.254 e. The summed E-state index contributed by atoms with van der Waals surface area (Å²) in [6.07, 6.45) is 1.54. The summed E-state index contributed by atoms with van der Waals surface area (Å²) in [6.45, 7) is 0.737. The number of benzene rings is 1. The summed E-state index contributed by atoms with van der Waals surface area (Å²) in [5, 5.41) is 18.5. The van der Waals surface area contributed by atoms with E-state index >= 15 is 0 Å². The van der Waals surface area contributed by atoms with E-state index in [2.05, 4.69) is 25.2 Å². The van der Waals surface area contributed by atoms with Crippen molar-refractivity contribution in [2.45, 2.75) is 0 Å². The van der Waals surface area contributed by atoms with Gasteiger partial charge in [-0.2, -0.15) is 10.4 Å². The highest BCUT2D eigenvalue weighted by molar-refractivity contribution is 7.92. The second-order valence-corrected chi connectivity index (χ2v) is 8.35. The van der Waals surface area contributed by atoms with Crippen LogP contribution >= 0.6 is 0 Å². The number of pyridine rings is 1. The Kier molecular flexibility index (Phi) is 7.44. The average molecular weight is 471 g/mol. The molecule has 33 heavy (non-hydrogen) atoms. The Morgan fingerprint density at radius 1 is 1.21 bits per heavy atom. The number of rotatable bonds is 11. The Balaban J connectivity index is 1.82. The minimum absolute atomic E-state index is 0.117. The zero-order valence-corrected chi connectivity index (χ0v) is 18.3. The number of sulfonamides is 1. The molecule has 0 aliphatic heterocycles. The molecule has 0 spiro atoms. The number of carbonyl (C=O) groups is 1. The first-order valence-corrected chi connectivity index (χ1v) is 11.2. The van der Waals surface area contributed by atoms with E-state index in [1.165, 1.54) is 18.3 Å². The predicted octanol–water partition coefficient (Wildman–Crippen LogP) is 1.60. The van der Waals surface area contributed by atoms with Crippen molar-refractivity contribution >= 4 is 33.1 Å². The summed E-state index contributed by atoms with van der Waals surface area (Å²) in [5.74, 6) is -0.816. The molecule has 0 fully saturated rings. The van der Waals surface area contributed by atoms with Crippen LogP contribution < -0.4 is 20.5 Å². The standard InChI is InChI=1S/C20H21N7O5S/c1-31-9-10-32-16-12-15(6-8-23-16)24-20-17(19(22)28)18(25-26-20)13-2-4-14(5-3-13)27-33(29,30)11-7-21/h2-6,8,12,27H,9-11H2,1H3,(H2,22,28)(H2,23,24,25,26). The quantitative estimate of drug-likeness (QED) is 0.301. The van der Waals surface area contributed by atoms with Crippen LogP contribution in [0.15, 0.2) is 42.6 Å². The van der Waals surface area contributed by atoms with Crippen molar-refractivity contribution in [3.63, 3.8) is 0 Å². The maximum absolute atomic E-state index is 12.2. The van der Waals surface area contributed by atoms with E-state index in [0.717, 1.165) is 0 Å². The zero-order chi connectivity index (χ0) is 23.8. The lowest BCUT2D eigenvalue weighted by molar-refractivity contribution is 0.100. The van der Waals surface area contributed by atoms with Crippen molar-refractivity contribution in [1.82, 2.24) is 15.2 Å². The van der Waals surface area contributed by atoms with Gasteiger partial charge in [0.25, 0.3) is 5.91 Å². The summed E-state index contributed by atoms with van der Waals surface area (Å²) >= 11 is 0. The molecule has 0 aliphatic rings. The fourth-order valence-corrected chi connectivity index (χ4v) is 3.56. The second kappa shape index (κ2) is 10.4. The normalized spacial score (nSPS) is 10.9. The van der Waals surface area contributed by atoms with Gasteiger partial charge in [-0.25, -0.2) is 13.4 Å². The number of aromatic amines is 1. The van der Waals surface area contributed by atoms with Crippen LogP contribution in [0.25, 0.3) is 11.3 Å². The highest BCUT2D eigenvalue weighted by atomic mass is 32.2. The van der Waals surface area contributed by atoms with E-state index in [9.17, 15) is 13.2 Å². The van der Waals surface area contributed by atoms with E-state index in [4.69, 9.17) is 20.5 Å². The Labute approximate surface area is 189 Å². The number of amides is 1. The van der Waals surface area contributed by atoms with Crippen molar-refractivity contribution in [2.24, 2.45) is 5.73 Å². The minimum Gasteiger partial charge on any atom is -0.475 e. The van der Waals surface area contributed by atoms with E-state index in [0.29, 0.717) is 36.0 Å². The second-order valence-electron chi connectivity index (χ2n) is 6.63. The molecular formula is C20H21N7O5S. The number of hydrogen-bond acceptors (Lipinski definition) is 9. The van der Waals surface area contributed by atoms with Crippen LogP contribution in [-0.2, 0) is 14.8 Å². The van der Waals surface area contributed by atoms with Gasteiger partial charge < -0.3 is 20.5 Å². The molecule has 172 valence electrons. The number of nitriles is 1. The number of carbonyl (C=O) groups excluding carboxylic acids is 1. The number of nitrogens with zero attached hydrogens (tertiary/aromatic N) is 3. The SMILES string of the molecule is COCCOc1cc(Nc2n[nH]c(-c3ccc(NS(=O)(=O)CC#N)cc3)c2C(N)=O)ccn1.